The number of carbonyl (C=O) groups is 1. The highest BCUT2D eigenvalue weighted by atomic mass is 16.5. The number of aromatic hydroxyl groups is 1. The summed E-state index contributed by atoms with van der Waals surface area (Å²) in [5.74, 6) is 2.01. The zero-order chi connectivity index (χ0) is 25.6. The van der Waals surface area contributed by atoms with Gasteiger partial charge in [0.1, 0.15) is 5.75 Å². The third kappa shape index (κ3) is 3.71. The van der Waals surface area contributed by atoms with E-state index in [1.807, 2.05) is 19.1 Å². The van der Waals surface area contributed by atoms with E-state index < -0.39 is 5.92 Å². The molecule has 2 heterocycles. The van der Waals surface area contributed by atoms with Gasteiger partial charge >= 0.3 is 0 Å². The highest BCUT2D eigenvalue weighted by Gasteiger charge is 2.42. The van der Waals surface area contributed by atoms with Crippen molar-refractivity contribution in [2.75, 3.05) is 33.8 Å². The van der Waals surface area contributed by atoms with E-state index in [0.717, 1.165) is 22.4 Å². The van der Waals surface area contributed by atoms with Crippen LogP contribution < -0.4 is 24.3 Å². The molecule has 0 saturated carbocycles. The van der Waals surface area contributed by atoms with Gasteiger partial charge in [0.05, 0.1) is 45.6 Å². The monoisotopic (exact) mass is 492 g/mol. The van der Waals surface area contributed by atoms with Crippen LogP contribution in [0.2, 0.25) is 0 Å². The fraction of sp³-hybridized carbons (Fsp3) is 0.333. The number of benzene rings is 2. The van der Waals surface area contributed by atoms with Gasteiger partial charge in [-0.1, -0.05) is 11.2 Å². The van der Waals surface area contributed by atoms with Crippen molar-refractivity contribution in [2.24, 2.45) is 0 Å². The first-order valence-corrected chi connectivity index (χ1v) is 11.6. The molecule has 0 fully saturated rings. The number of carbonyl (C=O) groups excluding carboxylic acids is 1. The topological polar surface area (TPSA) is 112 Å². The third-order valence-corrected chi connectivity index (χ3v) is 6.98. The molecule has 3 aromatic rings. The fourth-order valence-electron chi connectivity index (χ4n) is 5.25. The van der Waals surface area contributed by atoms with Crippen LogP contribution in [-0.4, -0.2) is 44.5 Å². The van der Waals surface area contributed by atoms with Gasteiger partial charge in [0.2, 0.25) is 5.88 Å². The second kappa shape index (κ2) is 9.14. The molecule has 2 aromatic carbocycles. The summed E-state index contributed by atoms with van der Waals surface area (Å²) in [6.07, 6.45) is 0.876. The Hall–Kier alpha value is -4.14. The molecule has 0 unspecified atom stereocenters. The molecular formula is C27H28N2O7. The van der Waals surface area contributed by atoms with Gasteiger partial charge in [0.25, 0.3) is 0 Å². The number of Topliss-reactive ketones (excluding diaryl/α,β-unsaturated/α-hetero) is 1. The molecule has 1 aromatic heterocycles. The molecule has 36 heavy (non-hydrogen) atoms. The van der Waals surface area contributed by atoms with Crippen molar-refractivity contribution >= 4 is 11.7 Å². The second-order valence-electron chi connectivity index (χ2n) is 8.87. The van der Waals surface area contributed by atoms with Crippen molar-refractivity contribution in [3.63, 3.8) is 0 Å². The maximum atomic E-state index is 13.8. The summed E-state index contributed by atoms with van der Waals surface area (Å²) in [5, 5.41) is 17.5. The van der Waals surface area contributed by atoms with Gasteiger partial charge in [-0.2, -0.15) is 0 Å². The molecular weight excluding hydrogens is 464 g/mol. The lowest BCUT2D eigenvalue weighted by molar-refractivity contribution is -0.116. The molecule has 2 atom stereocenters. The van der Waals surface area contributed by atoms with Crippen LogP contribution in [-0.2, 0) is 4.79 Å². The number of ketones is 1. The molecule has 5 rings (SSSR count). The summed E-state index contributed by atoms with van der Waals surface area (Å²) in [6.45, 7) is 1.86. The predicted molar refractivity (Wildman–Crippen MR) is 131 cm³/mol. The number of hydrogen-bond donors (Lipinski definition) is 2. The third-order valence-electron chi connectivity index (χ3n) is 6.98. The van der Waals surface area contributed by atoms with Gasteiger partial charge < -0.3 is 33.9 Å². The van der Waals surface area contributed by atoms with E-state index >= 15 is 0 Å². The van der Waals surface area contributed by atoms with Crippen LogP contribution in [0.3, 0.4) is 0 Å². The van der Waals surface area contributed by atoms with E-state index in [9.17, 15) is 9.90 Å². The minimum Gasteiger partial charge on any atom is -0.504 e. The molecule has 2 aliphatic rings. The minimum absolute atomic E-state index is 0.00822. The number of phenols is 1. The van der Waals surface area contributed by atoms with E-state index in [-0.39, 0.29) is 17.5 Å². The van der Waals surface area contributed by atoms with Gasteiger partial charge in [-0.15, -0.1) is 0 Å². The molecule has 0 bridgehead atoms. The molecule has 1 aliphatic carbocycles. The van der Waals surface area contributed by atoms with Gasteiger partial charge in [0, 0.05) is 29.3 Å². The van der Waals surface area contributed by atoms with Crippen LogP contribution in [0.15, 0.2) is 46.1 Å². The number of anilines is 1. The Bertz CT molecular complexity index is 1370. The van der Waals surface area contributed by atoms with E-state index in [1.165, 1.54) is 7.11 Å². The standard InChI is InChI=1S/C27H28N2O7/c1-13-24-25(16-11-22(34-4)23(35-5)12-20(16)32-2)26-17(28-27(24)36-29-13)8-15(9-19(26)31)14-6-7-18(30)21(10-14)33-3/h6-7,10-12,15,25,28,30H,8-9H2,1-5H3/t15-,25-/m1/s1. The first kappa shape index (κ1) is 23.6. The van der Waals surface area contributed by atoms with Crippen molar-refractivity contribution in [3.8, 4) is 28.7 Å². The normalized spacial score (nSPS) is 18.8. The number of nitrogens with one attached hydrogen (secondary N) is 1. The lowest BCUT2D eigenvalue weighted by Gasteiger charge is -2.35. The Morgan fingerprint density at radius 1 is 0.944 bits per heavy atom. The largest absolute Gasteiger partial charge is 0.504 e. The molecule has 1 aliphatic heterocycles. The van der Waals surface area contributed by atoms with Gasteiger partial charge in [-0.25, -0.2) is 0 Å². The maximum absolute atomic E-state index is 13.8. The van der Waals surface area contributed by atoms with Gasteiger partial charge in [-0.3, -0.25) is 4.79 Å². The fourth-order valence-corrected chi connectivity index (χ4v) is 5.25. The number of ether oxygens (including phenoxy) is 4. The molecule has 0 amide bonds. The SMILES string of the molecule is COc1cc([C@H]2CC(=O)C3=C(C2)Nc2onc(C)c2[C@H]3c2cc(OC)c(OC)cc2OC)ccc1O. The Balaban J connectivity index is 1.65. The summed E-state index contributed by atoms with van der Waals surface area (Å²) < 4.78 is 27.7. The second-order valence-corrected chi connectivity index (χ2v) is 8.87. The quantitative estimate of drug-likeness (QED) is 0.506. The molecule has 188 valence electrons. The predicted octanol–water partition coefficient (Wildman–Crippen LogP) is 4.68. The summed E-state index contributed by atoms with van der Waals surface area (Å²) in [6, 6.07) is 8.80. The highest BCUT2D eigenvalue weighted by Crippen LogP contribution is 2.52. The molecule has 9 nitrogen and oxygen atoms in total. The van der Waals surface area contributed by atoms with Crippen LogP contribution in [0.1, 0.15) is 47.1 Å². The van der Waals surface area contributed by atoms with Gasteiger partial charge in [-0.05, 0) is 43.0 Å². The van der Waals surface area contributed by atoms with Crippen molar-refractivity contribution in [2.45, 2.75) is 31.6 Å². The van der Waals surface area contributed by atoms with Crippen molar-refractivity contribution in [3.05, 3.63) is 64.0 Å². The molecule has 0 spiro atoms. The smallest absolute Gasteiger partial charge is 0.233 e. The van der Waals surface area contributed by atoms with Crippen molar-refractivity contribution in [1.82, 2.24) is 5.16 Å². The molecule has 9 heteroatoms. The number of fused-ring (bicyclic) bond motifs is 1. The molecule has 0 radical (unpaired) electrons. The number of allylic oxidation sites excluding steroid dienone is 2. The average Bonchev–Trinajstić information content (AvgIpc) is 3.26. The average molecular weight is 493 g/mol. The highest BCUT2D eigenvalue weighted by molar-refractivity contribution is 6.01. The first-order valence-electron chi connectivity index (χ1n) is 11.6. The van der Waals surface area contributed by atoms with Crippen LogP contribution in [0.4, 0.5) is 5.88 Å². The van der Waals surface area contributed by atoms with Crippen LogP contribution >= 0.6 is 0 Å². The number of methoxy groups -OCH3 is 4. The lowest BCUT2D eigenvalue weighted by Crippen LogP contribution is -2.29. The Kier molecular flexibility index (Phi) is 5.99. The maximum Gasteiger partial charge on any atom is 0.233 e. The van der Waals surface area contributed by atoms with E-state index in [2.05, 4.69) is 10.5 Å². The summed E-state index contributed by atoms with van der Waals surface area (Å²) in [7, 11) is 6.22. The van der Waals surface area contributed by atoms with Crippen molar-refractivity contribution < 1.29 is 33.4 Å². The summed E-state index contributed by atoms with van der Waals surface area (Å²) >= 11 is 0. The first-order chi connectivity index (χ1) is 17.4. The van der Waals surface area contributed by atoms with Crippen LogP contribution in [0.25, 0.3) is 0 Å². The molecule has 2 N–H and O–H groups in total. The summed E-state index contributed by atoms with van der Waals surface area (Å²) in [4.78, 5) is 13.8. The van der Waals surface area contributed by atoms with E-state index in [4.69, 9.17) is 23.5 Å². The van der Waals surface area contributed by atoms with Crippen LogP contribution in [0.5, 0.6) is 28.7 Å². The summed E-state index contributed by atoms with van der Waals surface area (Å²) in [5.41, 5.74) is 4.57. The molecule has 0 saturated heterocycles. The number of phenolic OH excluding ortho intramolecular Hbond substituents is 1. The number of rotatable bonds is 6. The Labute approximate surface area is 208 Å². The van der Waals surface area contributed by atoms with Crippen LogP contribution in [0, 0.1) is 6.92 Å². The zero-order valence-corrected chi connectivity index (χ0v) is 20.8. The van der Waals surface area contributed by atoms with Crippen molar-refractivity contribution in [1.29, 1.82) is 0 Å². The Morgan fingerprint density at radius 2 is 1.64 bits per heavy atom. The number of aromatic nitrogens is 1. The number of aryl methyl sites for hydroxylation is 1. The van der Waals surface area contributed by atoms with E-state index in [1.54, 1.807) is 39.5 Å². The van der Waals surface area contributed by atoms with Gasteiger partial charge in [0.15, 0.2) is 28.8 Å². The number of nitrogens with zero attached hydrogens (tertiary/aromatic N) is 1. The lowest BCUT2D eigenvalue weighted by atomic mass is 9.72. The zero-order valence-electron chi connectivity index (χ0n) is 20.8. The minimum atomic E-state index is -0.458. The Morgan fingerprint density at radius 3 is 2.33 bits per heavy atom. The van der Waals surface area contributed by atoms with E-state index in [0.29, 0.717) is 53.0 Å². The number of hydrogen-bond acceptors (Lipinski definition) is 9.